The second-order valence-electron chi connectivity index (χ2n) is 8.73. The minimum Gasteiger partial charge on any atom is -0.481 e. The topological polar surface area (TPSA) is 139 Å². The fourth-order valence-electron chi connectivity index (χ4n) is 3.33. The van der Waals surface area contributed by atoms with Crippen molar-refractivity contribution in [1.82, 2.24) is 10.6 Å². The van der Waals surface area contributed by atoms with Crippen molar-refractivity contribution < 1.29 is 24.3 Å². The molecular formula is C24H45N3O5S. The minimum atomic E-state index is -0.726. The highest BCUT2D eigenvalue weighted by Gasteiger charge is 2.23. The molecule has 0 unspecified atom stereocenters. The van der Waals surface area contributed by atoms with Gasteiger partial charge in [-0.25, -0.2) is 0 Å². The van der Waals surface area contributed by atoms with Gasteiger partial charge < -0.3 is 21.5 Å². The van der Waals surface area contributed by atoms with Gasteiger partial charge in [-0.05, 0) is 45.6 Å². The van der Waals surface area contributed by atoms with Gasteiger partial charge in [-0.2, -0.15) is 11.8 Å². The van der Waals surface area contributed by atoms with E-state index >= 15 is 0 Å². The number of aliphatic carboxylic acids is 1. The molecule has 2 amide bonds. The Labute approximate surface area is 203 Å². The van der Waals surface area contributed by atoms with Crippen molar-refractivity contribution in [2.45, 2.75) is 96.9 Å². The van der Waals surface area contributed by atoms with E-state index in [2.05, 4.69) is 10.6 Å². The molecule has 2 atom stereocenters. The summed E-state index contributed by atoms with van der Waals surface area (Å²) in [5.41, 5.74) is 5.56. The smallest absolute Gasteiger partial charge is 0.303 e. The molecule has 8 nitrogen and oxygen atoms in total. The number of nitrogens with two attached hydrogens (primary N) is 1. The number of hydrogen-bond acceptors (Lipinski definition) is 6. The molecule has 0 bridgehead atoms. The Morgan fingerprint density at radius 1 is 0.879 bits per heavy atom. The zero-order chi connectivity index (χ0) is 24.9. The van der Waals surface area contributed by atoms with Crippen molar-refractivity contribution >= 4 is 35.3 Å². The van der Waals surface area contributed by atoms with E-state index in [1.165, 1.54) is 18.7 Å². The summed E-state index contributed by atoms with van der Waals surface area (Å²) in [5.74, 6) is -0.294. The molecule has 0 fully saturated rings. The van der Waals surface area contributed by atoms with Crippen molar-refractivity contribution in [2.75, 3.05) is 24.6 Å². The number of thioether (sulfide) groups is 1. The van der Waals surface area contributed by atoms with Crippen molar-refractivity contribution in [2.24, 2.45) is 11.7 Å². The highest BCUT2D eigenvalue weighted by Crippen LogP contribution is 2.11. The predicted octanol–water partition coefficient (Wildman–Crippen LogP) is 3.27. The van der Waals surface area contributed by atoms with Crippen LogP contribution in [0.15, 0.2) is 0 Å². The third-order valence-corrected chi connectivity index (χ3v) is 6.66. The molecule has 0 aromatic heterocycles. The van der Waals surface area contributed by atoms with E-state index in [-0.39, 0.29) is 29.9 Å². The molecule has 0 aliphatic rings. The number of nitrogens with one attached hydrogen (secondary N) is 2. The van der Waals surface area contributed by atoms with Crippen LogP contribution in [0.2, 0.25) is 0 Å². The van der Waals surface area contributed by atoms with Gasteiger partial charge in [0.1, 0.15) is 11.8 Å². The first-order valence-corrected chi connectivity index (χ1v) is 13.5. The molecule has 5 N–H and O–H groups in total. The number of carbonyl (C=O) groups excluding carboxylic acids is 3. The Balaban J connectivity index is 4.14. The van der Waals surface area contributed by atoms with Gasteiger partial charge in [-0.3, -0.25) is 19.2 Å². The second-order valence-corrected chi connectivity index (χ2v) is 9.76. The molecule has 0 radical (unpaired) electrons. The van der Waals surface area contributed by atoms with E-state index < -0.39 is 12.0 Å². The van der Waals surface area contributed by atoms with Crippen LogP contribution in [0.3, 0.4) is 0 Å². The quantitative estimate of drug-likeness (QED) is 0.172. The van der Waals surface area contributed by atoms with Crippen LogP contribution in [0.4, 0.5) is 0 Å². The molecule has 0 aromatic carbocycles. The van der Waals surface area contributed by atoms with Crippen LogP contribution in [0.1, 0.15) is 90.9 Å². The molecule has 0 aromatic rings. The number of rotatable bonds is 22. The summed E-state index contributed by atoms with van der Waals surface area (Å²) < 4.78 is 0. The number of hydrogen-bond donors (Lipinski definition) is 4. The molecule has 0 saturated carbocycles. The molecule has 0 aliphatic carbocycles. The standard InChI is InChI=1S/C24H45N3O5S/c1-19(17-33-18-20(2)28)23(31)27-21(13-10-11-15-25)24(32)26-16-12-8-6-4-3-5-7-9-14-22(29)30/h19,21H,3-18,25H2,1-2H3,(H,26,32)(H,27,31)(H,29,30)/t19-,21-/m0/s1. The lowest BCUT2D eigenvalue weighted by Crippen LogP contribution is -2.48. The zero-order valence-corrected chi connectivity index (χ0v) is 21.4. The summed E-state index contributed by atoms with van der Waals surface area (Å²) in [6.07, 6.45) is 10.4. The maximum absolute atomic E-state index is 12.6. The molecular weight excluding hydrogens is 442 g/mol. The normalized spacial score (nSPS) is 12.7. The lowest BCUT2D eigenvalue weighted by molar-refractivity contribution is -0.137. The van der Waals surface area contributed by atoms with Gasteiger partial charge >= 0.3 is 5.97 Å². The van der Waals surface area contributed by atoms with E-state index in [0.717, 1.165) is 64.2 Å². The summed E-state index contributed by atoms with van der Waals surface area (Å²) >= 11 is 1.43. The van der Waals surface area contributed by atoms with E-state index in [1.807, 2.05) is 6.92 Å². The number of carbonyl (C=O) groups is 4. The van der Waals surface area contributed by atoms with Crippen LogP contribution in [-0.4, -0.2) is 59.3 Å². The number of carboxylic acids is 1. The summed E-state index contributed by atoms with van der Waals surface area (Å²) in [6, 6.07) is -0.560. The van der Waals surface area contributed by atoms with Crippen LogP contribution in [-0.2, 0) is 19.2 Å². The Hall–Kier alpha value is -1.61. The fraction of sp³-hybridized carbons (Fsp3) is 0.833. The number of unbranched alkanes of at least 4 members (excludes halogenated alkanes) is 8. The van der Waals surface area contributed by atoms with Crippen molar-refractivity contribution in [3.63, 3.8) is 0 Å². The van der Waals surface area contributed by atoms with E-state index in [9.17, 15) is 19.2 Å². The number of amides is 2. The van der Waals surface area contributed by atoms with Gasteiger partial charge in [0.15, 0.2) is 0 Å². The molecule has 0 rings (SSSR count). The fourth-order valence-corrected chi connectivity index (χ4v) is 4.24. The van der Waals surface area contributed by atoms with E-state index in [4.69, 9.17) is 10.8 Å². The number of carboxylic acid groups (broad SMARTS) is 1. The first-order chi connectivity index (χ1) is 15.8. The van der Waals surface area contributed by atoms with Crippen LogP contribution in [0.25, 0.3) is 0 Å². The molecule has 0 spiro atoms. The Morgan fingerprint density at radius 3 is 2.06 bits per heavy atom. The summed E-state index contributed by atoms with van der Waals surface area (Å²) in [4.78, 5) is 46.7. The number of Topliss-reactive ketones (excluding diaryl/α,β-unsaturated/α-hetero) is 1. The third kappa shape index (κ3) is 19.6. The van der Waals surface area contributed by atoms with Gasteiger partial charge in [0.2, 0.25) is 11.8 Å². The first kappa shape index (κ1) is 31.4. The van der Waals surface area contributed by atoms with Crippen LogP contribution < -0.4 is 16.4 Å². The lowest BCUT2D eigenvalue weighted by Gasteiger charge is -2.20. The molecule has 0 heterocycles. The van der Waals surface area contributed by atoms with E-state index in [0.29, 0.717) is 31.0 Å². The maximum atomic E-state index is 12.6. The second kappa shape index (κ2) is 21.0. The average molecular weight is 488 g/mol. The van der Waals surface area contributed by atoms with Crippen LogP contribution >= 0.6 is 11.8 Å². The van der Waals surface area contributed by atoms with Crippen molar-refractivity contribution in [1.29, 1.82) is 0 Å². The molecule has 0 saturated heterocycles. The van der Waals surface area contributed by atoms with Gasteiger partial charge in [0.05, 0.1) is 5.75 Å². The highest BCUT2D eigenvalue weighted by molar-refractivity contribution is 7.99. The van der Waals surface area contributed by atoms with Crippen molar-refractivity contribution in [3.8, 4) is 0 Å². The lowest BCUT2D eigenvalue weighted by atomic mass is 10.1. The largest absolute Gasteiger partial charge is 0.481 e. The van der Waals surface area contributed by atoms with Crippen molar-refractivity contribution in [3.05, 3.63) is 0 Å². The highest BCUT2D eigenvalue weighted by atomic mass is 32.2. The monoisotopic (exact) mass is 487 g/mol. The summed E-state index contributed by atoms with van der Waals surface area (Å²) in [7, 11) is 0. The van der Waals surface area contributed by atoms with Gasteiger partial charge in [0.25, 0.3) is 0 Å². The maximum Gasteiger partial charge on any atom is 0.303 e. The Kier molecular flexibility index (Phi) is 19.9. The molecule has 33 heavy (non-hydrogen) atoms. The summed E-state index contributed by atoms with van der Waals surface area (Å²) in [5, 5.41) is 14.4. The van der Waals surface area contributed by atoms with Gasteiger partial charge in [-0.15, -0.1) is 0 Å². The van der Waals surface area contributed by atoms with Crippen LogP contribution in [0, 0.1) is 5.92 Å². The molecule has 0 aliphatic heterocycles. The summed E-state index contributed by atoms with van der Waals surface area (Å²) in [6.45, 7) is 4.48. The molecule has 192 valence electrons. The first-order valence-electron chi connectivity index (χ1n) is 12.3. The van der Waals surface area contributed by atoms with Crippen LogP contribution in [0.5, 0.6) is 0 Å². The molecule has 9 heteroatoms. The SMILES string of the molecule is CC(=O)CSC[C@H](C)C(=O)N[C@@H](CCCCN)C(=O)NCCCCCCCCCCC(=O)O. The van der Waals surface area contributed by atoms with E-state index in [1.54, 1.807) is 0 Å². The van der Waals surface area contributed by atoms with Gasteiger partial charge in [0, 0.05) is 24.6 Å². The third-order valence-electron chi connectivity index (χ3n) is 5.32. The average Bonchev–Trinajstić information content (AvgIpc) is 2.76. The Morgan fingerprint density at radius 2 is 1.48 bits per heavy atom. The van der Waals surface area contributed by atoms with Gasteiger partial charge in [-0.1, -0.05) is 45.4 Å². The predicted molar refractivity (Wildman–Crippen MR) is 134 cm³/mol. The number of ketones is 1. The Bertz CT molecular complexity index is 574. The zero-order valence-electron chi connectivity index (χ0n) is 20.5. The minimum absolute atomic E-state index is 0.0855.